The Balaban J connectivity index is 2.30. The number of rotatable bonds is 5. The number of benzene rings is 2. The molecule has 1 unspecified atom stereocenters. The van der Waals surface area contributed by atoms with E-state index in [0.29, 0.717) is 6.04 Å². The maximum atomic E-state index is 6.00. The summed E-state index contributed by atoms with van der Waals surface area (Å²) in [5, 5.41) is 4.52. The first-order valence-corrected chi connectivity index (χ1v) is 7.99. The molecule has 1 N–H and O–H groups in total. The van der Waals surface area contributed by atoms with Crippen LogP contribution in [-0.2, 0) is 0 Å². The fourth-order valence-electron chi connectivity index (χ4n) is 2.89. The van der Waals surface area contributed by atoms with Gasteiger partial charge in [0.15, 0.2) is 0 Å². The van der Waals surface area contributed by atoms with Crippen LogP contribution in [0.3, 0.4) is 0 Å². The SMILES string of the molecule is CCCC(Nc1c(C)cc(C)cc1C)c1ccc(Cl)cc1. The van der Waals surface area contributed by atoms with E-state index in [2.05, 4.69) is 57.3 Å². The second-order valence-corrected chi connectivity index (χ2v) is 6.25. The molecule has 2 aromatic carbocycles. The lowest BCUT2D eigenvalue weighted by molar-refractivity contribution is 0.676. The average molecular weight is 302 g/mol. The Kier molecular flexibility index (Phi) is 5.30. The molecule has 0 aromatic heterocycles. The highest BCUT2D eigenvalue weighted by Gasteiger charge is 2.13. The largest absolute Gasteiger partial charge is 0.378 e. The van der Waals surface area contributed by atoms with Crippen LogP contribution in [0.2, 0.25) is 5.02 Å². The standard InChI is InChI=1S/C19H24ClN/c1-5-6-18(16-7-9-17(20)10-8-16)21-19-14(3)11-13(2)12-15(19)4/h7-12,18,21H,5-6H2,1-4H3. The minimum Gasteiger partial charge on any atom is -0.378 e. The molecule has 2 rings (SSSR count). The highest BCUT2D eigenvalue weighted by atomic mass is 35.5. The second kappa shape index (κ2) is 7.00. The van der Waals surface area contributed by atoms with Gasteiger partial charge < -0.3 is 5.32 Å². The second-order valence-electron chi connectivity index (χ2n) is 5.81. The molecule has 2 heteroatoms. The molecular weight excluding hydrogens is 278 g/mol. The minimum absolute atomic E-state index is 0.326. The Morgan fingerprint density at radius 3 is 2.10 bits per heavy atom. The Hall–Kier alpha value is -1.47. The summed E-state index contributed by atoms with van der Waals surface area (Å²) in [6.07, 6.45) is 2.25. The summed E-state index contributed by atoms with van der Waals surface area (Å²) in [5.41, 5.74) is 6.48. The predicted octanol–water partition coefficient (Wildman–Crippen LogP) is 6.22. The van der Waals surface area contributed by atoms with Crippen LogP contribution in [0.15, 0.2) is 36.4 Å². The lowest BCUT2D eigenvalue weighted by Crippen LogP contribution is -2.12. The molecule has 0 aliphatic carbocycles. The molecule has 0 radical (unpaired) electrons. The van der Waals surface area contributed by atoms with E-state index in [-0.39, 0.29) is 0 Å². The Morgan fingerprint density at radius 1 is 1.00 bits per heavy atom. The molecule has 1 nitrogen and oxygen atoms in total. The van der Waals surface area contributed by atoms with Crippen LogP contribution in [0.5, 0.6) is 0 Å². The first-order valence-electron chi connectivity index (χ1n) is 7.61. The predicted molar refractivity (Wildman–Crippen MR) is 93.4 cm³/mol. The van der Waals surface area contributed by atoms with Crippen LogP contribution in [0.1, 0.15) is 48.1 Å². The van der Waals surface area contributed by atoms with Gasteiger partial charge in [0.2, 0.25) is 0 Å². The van der Waals surface area contributed by atoms with E-state index in [4.69, 9.17) is 11.6 Å². The van der Waals surface area contributed by atoms with Crippen LogP contribution >= 0.6 is 11.6 Å². The zero-order valence-electron chi connectivity index (χ0n) is 13.3. The first-order chi connectivity index (χ1) is 10.0. The van der Waals surface area contributed by atoms with Gasteiger partial charge in [-0.15, -0.1) is 0 Å². The molecular formula is C19H24ClN. The lowest BCUT2D eigenvalue weighted by atomic mass is 9.99. The van der Waals surface area contributed by atoms with Crippen LogP contribution in [0, 0.1) is 20.8 Å². The number of hydrogen-bond acceptors (Lipinski definition) is 1. The summed E-state index contributed by atoms with van der Waals surface area (Å²) in [6, 6.07) is 13.0. The highest BCUT2D eigenvalue weighted by Crippen LogP contribution is 2.29. The summed E-state index contributed by atoms with van der Waals surface area (Å²) in [4.78, 5) is 0. The number of anilines is 1. The molecule has 0 aliphatic heterocycles. The summed E-state index contributed by atoms with van der Waals surface area (Å²) in [5.74, 6) is 0. The normalized spacial score (nSPS) is 12.2. The monoisotopic (exact) mass is 301 g/mol. The molecule has 0 saturated carbocycles. The van der Waals surface area contributed by atoms with Crippen LogP contribution in [0.4, 0.5) is 5.69 Å². The smallest absolute Gasteiger partial charge is 0.0513 e. The van der Waals surface area contributed by atoms with E-state index in [0.717, 1.165) is 17.9 Å². The fraction of sp³-hybridized carbons (Fsp3) is 0.368. The van der Waals surface area contributed by atoms with Crippen molar-refractivity contribution in [2.24, 2.45) is 0 Å². The fourth-order valence-corrected chi connectivity index (χ4v) is 3.01. The quantitative estimate of drug-likeness (QED) is 0.691. The van der Waals surface area contributed by atoms with Gasteiger partial charge in [0, 0.05) is 10.7 Å². The molecule has 0 heterocycles. The molecule has 0 bridgehead atoms. The molecule has 0 fully saturated rings. The molecule has 1 atom stereocenters. The van der Waals surface area contributed by atoms with Gasteiger partial charge >= 0.3 is 0 Å². The molecule has 0 saturated heterocycles. The number of hydrogen-bond donors (Lipinski definition) is 1. The summed E-state index contributed by atoms with van der Waals surface area (Å²) < 4.78 is 0. The molecule has 21 heavy (non-hydrogen) atoms. The lowest BCUT2D eigenvalue weighted by Gasteiger charge is -2.23. The van der Waals surface area contributed by atoms with Crippen molar-refractivity contribution in [3.05, 3.63) is 63.7 Å². The van der Waals surface area contributed by atoms with Crippen molar-refractivity contribution < 1.29 is 0 Å². The Labute approximate surface area is 133 Å². The third kappa shape index (κ3) is 4.01. The maximum absolute atomic E-state index is 6.00. The molecule has 2 aromatic rings. The maximum Gasteiger partial charge on any atom is 0.0513 e. The van der Waals surface area contributed by atoms with Crippen LogP contribution < -0.4 is 5.32 Å². The van der Waals surface area contributed by atoms with Gasteiger partial charge in [0.05, 0.1) is 6.04 Å². The minimum atomic E-state index is 0.326. The molecule has 0 amide bonds. The van der Waals surface area contributed by atoms with E-state index in [1.54, 1.807) is 0 Å². The summed E-state index contributed by atoms with van der Waals surface area (Å²) in [6.45, 7) is 8.71. The van der Waals surface area contributed by atoms with E-state index in [1.165, 1.54) is 27.9 Å². The Bertz CT molecular complexity index is 578. The van der Waals surface area contributed by atoms with Gasteiger partial charge in [0.1, 0.15) is 0 Å². The van der Waals surface area contributed by atoms with Crippen molar-refractivity contribution in [3.8, 4) is 0 Å². The topological polar surface area (TPSA) is 12.0 Å². The van der Waals surface area contributed by atoms with E-state index < -0.39 is 0 Å². The molecule has 112 valence electrons. The van der Waals surface area contributed by atoms with Crippen LogP contribution in [-0.4, -0.2) is 0 Å². The zero-order valence-corrected chi connectivity index (χ0v) is 14.1. The first kappa shape index (κ1) is 15.9. The van der Waals surface area contributed by atoms with Gasteiger partial charge in [-0.05, 0) is 56.0 Å². The van der Waals surface area contributed by atoms with Crippen molar-refractivity contribution in [2.75, 3.05) is 5.32 Å². The average Bonchev–Trinajstić information content (AvgIpc) is 2.42. The number of aryl methyl sites for hydroxylation is 3. The van der Waals surface area contributed by atoms with Gasteiger partial charge in [-0.1, -0.05) is 54.8 Å². The zero-order chi connectivity index (χ0) is 15.4. The van der Waals surface area contributed by atoms with Gasteiger partial charge in [-0.2, -0.15) is 0 Å². The van der Waals surface area contributed by atoms with Gasteiger partial charge in [-0.3, -0.25) is 0 Å². The number of nitrogens with one attached hydrogen (secondary N) is 1. The van der Waals surface area contributed by atoms with Crippen molar-refractivity contribution >= 4 is 17.3 Å². The van der Waals surface area contributed by atoms with Crippen molar-refractivity contribution in [1.82, 2.24) is 0 Å². The summed E-state index contributed by atoms with van der Waals surface area (Å²) >= 11 is 6.00. The van der Waals surface area contributed by atoms with Gasteiger partial charge in [0.25, 0.3) is 0 Å². The van der Waals surface area contributed by atoms with Gasteiger partial charge in [-0.25, -0.2) is 0 Å². The highest BCUT2D eigenvalue weighted by molar-refractivity contribution is 6.30. The van der Waals surface area contributed by atoms with E-state index >= 15 is 0 Å². The van der Waals surface area contributed by atoms with Crippen LogP contribution in [0.25, 0.3) is 0 Å². The van der Waals surface area contributed by atoms with Crippen molar-refractivity contribution in [3.63, 3.8) is 0 Å². The van der Waals surface area contributed by atoms with Crippen molar-refractivity contribution in [1.29, 1.82) is 0 Å². The molecule has 0 aliphatic rings. The van der Waals surface area contributed by atoms with E-state index in [1.807, 2.05) is 12.1 Å². The van der Waals surface area contributed by atoms with E-state index in [9.17, 15) is 0 Å². The van der Waals surface area contributed by atoms with Crippen molar-refractivity contribution in [2.45, 2.75) is 46.6 Å². The third-order valence-electron chi connectivity index (χ3n) is 3.85. The third-order valence-corrected chi connectivity index (χ3v) is 4.10. The molecule has 0 spiro atoms. The number of halogens is 1. The Morgan fingerprint density at radius 2 is 1.57 bits per heavy atom. The summed E-state index contributed by atoms with van der Waals surface area (Å²) in [7, 11) is 0.